The van der Waals surface area contributed by atoms with Crippen molar-refractivity contribution in [1.29, 1.82) is 0 Å². The summed E-state index contributed by atoms with van der Waals surface area (Å²) in [5, 5.41) is 11.4. The fourth-order valence-corrected chi connectivity index (χ4v) is 3.99. The predicted molar refractivity (Wildman–Crippen MR) is 121 cm³/mol. The summed E-state index contributed by atoms with van der Waals surface area (Å²) in [6, 6.07) is 16.7. The molecule has 0 saturated heterocycles. The fraction of sp³-hybridized carbons (Fsp3) is 0.360. The van der Waals surface area contributed by atoms with Crippen LogP contribution in [-0.2, 0) is 19.1 Å². The van der Waals surface area contributed by atoms with Gasteiger partial charge in [0.25, 0.3) is 0 Å². The highest BCUT2D eigenvalue weighted by molar-refractivity contribution is 6.08. The highest BCUT2D eigenvalue weighted by Gasteiger charge is 2.23. The van der Waals surface area contributed by atoms with E-state index in [1.807, 2.05) is 31.2 Å². The van der Waals surface area contributed by atoms with E-state index in [9.17, 15) is 9.59 Å². The Morgan fingerprint density at radius 3 is 2.10 bits per heavy atom. The van der Waals surface area contributed by atoms with Crippen LogP contribution in [0.5, 0.6) is 0 Å². The fourth-order valence-electron chi connectivity index (χ4n) is 3.99. The average molecular weight is 424 g/mol. The smallest absolute Gasteiger partial charge is 0.334 e. The Morgan fingerprint density at radius 2 is 1.55 bits per heavy atom. The summed E-state index contributed by atoms with van der Waals surface area (Å²) < 4.78 is 12.5. The van der Waals surface area contributed by atoms with Crippen LogP contribution in [0.4, 0.5) is 0 Å². The van der Waals surface area contributed by atoms with Gasteiger partial charge in [0.05, 0.1) is 17.8 Å². The first-order chi connectivity index (χ1) is 14.9. The van der Waals surface area contributed by atoms with Gasteiger partial charge < -0.3 is 19.1 Å². The van der Waals surface area contributed by atoms with Gasteiger partial charge in [-0.3, -0.25) is 4.79 Å². The molecule has 0 aliphatic rings. The quantitative estimate of drug-likeness (QED) is 0.218. The number of allylic oxidation sites excluding steroid dienone is 1. The zero-order valence-electron chi connectivity index (χ0n) is 18.2. The summed E-state index contributed by atoms with van der Waals surface area (Å²) in [4.78, 5) is 24.0. The summed E-state index contributed by atoms with van der Waals surface area (Å²) in [5.41, 5.74) is 2.30. The minimum Gasteiger partial charge on any atom is -0.512 e. The van der Waals surface area contributed by atoms with Crippen molar-refractivity contribution in [3.8, 4) is 0 Å². The third kappa shape index (κ3) is 5.26. The predicted octanol–water partition coefficient (Wildman–Crippen LogP) is 5.32. The Bertz CT molecular complexity index is 1040. The number of aromatic nitrogens is 1. The average Bonchev–Trinajstić information content (AvgIpc) is 3.09. The molecule has 2 aromatic carbocycles. The lowest BCUT2D eigenvalue weighted by atomic mass is 9.98. The Hall–Kier alpha value is -3.28. The minimum atomic E-state index is -0.664. The molecule has 1 aromatic heterocycles. The van der Waals surface area contributed by atoms with E-state index in [4.69, 9.17) is 14.6 Å². The van der Waals surface area contributed by atoms with Crippen molar-refractivity contribution in [2.24, 2.45) is 5.92 Å². The van der Waals surface area contributed by atoms with Crippen molar-refractivity contribution in [3.63, 3.8) is 0 Å². The van der Waals surface area contributed by atoms with E-state index in [1.54, 1.807) is 0 Å². The Balaban J connectivity index is 1.67. The van der Waals surface area contributed by atoms with Gasteiger partial charge in [-0.15, -0.1) is 0 Å². The van der Waals surface area contributed by atoms with Gasteiger partial charge in [-0.1, -0.05) is 43.3 Å². The number of aliphatic hydroxyl groups excluding tert-OH is 1. The summed E-state index contributed by atoms with van der Waals surface area (Å²) in [6.45, 7) is 5.42. The highest BCUT2D eigenvalue weighted by Crippen LogP contribution is 2.34. The second-order valence-electron chi connectivity index (χ2n) is 7.71. The van der Waals surface area contributed by atoms with Crippen molar-refractivity contribution in [1.82, 2.24) is 4.57 Å². The maximum absolute atomic E-state index is 12.6. The van der Waals surface area contributed by atoms with E-state index in [2.05, 4.69) is 35.8 Å². The molecule has 0 spiro atoms. The maximum Gasteiger partial charge on any atom is 0.334 e. The van der Waals surface area contributed by atoms with E-state index in [-0.39, 0.29) is 36.9 Å². The van der Waals surface area contributed by atoms with Crippen molar-refractivity contribution in [2.45, 2.75) is 39.7 Å². The number of para-hydroxylation sites is 2. The lowest BCUT2D eigenvalue weighted by Crippen LogP contribution is -2.23. The molecule has 3 aromatic rings. The van der Waals surface area contributed by atoms with E-state index in [0.717, 1.165) is 17.1 Å². The molecular weight excluding hydrogens is 394 g/mol. The van der Waals surface area contributed by atoms with Gasteiger partial charge in [-0.2, -0.15) is 0 Å². The standard InChI is InChI=1S/C25H29NO5/c1-4-19(25(29)31-14-13-30-24(28)16-18(3)27)15-17(2)26-22-11-7-5-9-20(22)21-10-6-8-12-23(21)26/h5-12,16-17,19,27H,4,13-15H2,1-3H3/b18-16-. The first-order valence-electron chi connectivity index (χ1n) is 10.6. The van der Waals surface area contributed by atoms with Gasteiger partial charge in [-0.05, 0) is 38.8 Å². The number of esters is 2. The van der Waals surface area contributed by atoms with Gasteiger partial charge in [0.15, 0.2) is 0 Å². The molecule has 0 amide bonds. The minimum absolute atomic E-state index is 0.0108. The van der Waals surface area contributed by atoms with E-state index >= 15 is 0 Å². The number of nitrogens with zero attached hydrogens (tertiary/aromatic N) is 1. The first-order valence-corrected chi connectivity index (χ1v) is 10.6. The topological polar surface area (TPSA) is 77.8 Å². The molecule has 1 N–H and O–H groups in total. The van der Waals surface area contributed by atoms with E-state index in [0.29, 0.717) is 12.8 Å². The molecular formula is C25H29NO5. The Labute approximate surface area is 182 Å². The van der Waals surface area contributed by atoms with Crippen LogP contribution in [-0.4, -0.2) is 34.8 Å². The van der Waals surface area contributed by atoms with Crippen LogP contribution < -0.4 is 0 Å². The van der Waals surface area contributed by atoms with Gasteiger partial charge in [0.2, 0.25) is 0 Å². The molecule has 164 valence electrons. The summed E-state index contributed by atoms with van der Waals surface area (Å²) >= 11 is 0. The van der Waals surface area contributed by atoms with Crippen molar-refractivity contribution in [3.05, 3.63) is 60.4 Å². The second-order valence-corrected chi connectivity index (χ2v) is 7.71. The SMILES string of the molecule is CCC(CC(C)n1c2ccccc2c2ccccc21)C(=O)OCCOC(=O)/C=C(/C)O. The van der Waals surface area contributed by atoms with Crippen LogP contribution in [0.25, 0.3) is 21.8 Å². The molecule has 0 bridgehead atoms. The third-order valence-corrected chi connectivity index (χ3v) is 5.41. The zero-order chi connectivity index (χ0) is 22.4. The first kappa shape index (κ1) is 22.4. The molecule has 0 radical (unpaired) electrons. The van der Waals surface area contributed by atoms with Crippen LogP contribution in [0.1, 0.15) is 39.7 Å². The molecule has 31 heavy (non-hydrogen) atoms. The summed E-state index contributed by atoms with van der Waals surface area (Å²) in [5.74, 6) is -1.35. The van der Waals surface area contributed by atoms with Gasteiger partial charge in [0, 0.05) is 27.8 Å². The van der Waals surface area contributed by atoms with Gasteiger partial charge in [0.1, 0.15) is 13.2 Å². The molecule has 0 saturated carbocycles. The molecule has 0 aliphatic heterocycles. The summed E-state index contributed by atoms with van der Waals surface area (Å²) in [7, 11) is 0. The molecule has 6 nitrogen and oxygen atoms in total. The number of aliphatic hydroxyl groups is 1. The monoisotopic (exact) mass is 423 g/mol. The van der Waals surface area contributed by atoms with Gasteiger partial charge >= 0.3 is 11.9 Å². The molecule has 6 heteroatoms. The van der Waals surface area contributed by atoms with Crippen molar-refractivity contribution >= 4 is 33.7 Å². The van der Waals surface area contributed by atoms with Gasteiger partial charge in [-0.25, -0.2) is 4.79 Å². The van der Waals surface area contributed by atoms with Crippen LogP contribution in [0.15, 0.2) is 60.4 Å². The highest BCUT2D eigenvalue weighted by atomic mass is 16.6. The molecule has 2 unspecified atom stereocenters. The number of benzene rings is 2. The number of carbonyl (C=O) groups excluding carboxylic acids is 2. The largest absolute Gasteiger partial charge is 0.512 e. The third-order valence-electron chi connectivity index (χ3n) is 5.41. The van der Waals surface area contributed by atoms with Crippen LogP contribution in [0.2, 0.25) is 0 Å². The summed E-state index contributed by atoms with van der Waals surface area (Å²) in [6.07, 6.45) is 2.28. The normalized spacial score (nSPS) is 13.8. The Kier molecular flexibility index (Phi) is 7.34. The zero-order valence-corrected chi connectivity index (χ0v) is 18.2. The Morgan fingerprint density at radius 1 is 1.00 bits per heavy atom. The molecule has 0 aliphatic carbocycles. The maximum atomic E-state index is 12.6. The number of hydrogen-bond acceptors (Lipinski definition) is 5. The number of carbonyl (C=O) groups is 2. The van der Waals surface area contributed by atoms with Crippen molar-refractivity contribution in [2.75, 3.05) is 13.2 Å². The van der Waals surface area contributed by atoms with Crippen molar-refractivity contribution < 1.29 is 24.2 Å². The van der Waals surface area contributed by atoms with E-state index < -0.39 is 5.97 Å². The molecule has 3 rings (SSSR count). The number of rotatable bonds is 9. The molecule has 0 fully saturated rings. The molecule has 2 atom stereocenters. The molecule has 1 heterocycles. The van der Waals surface area contributed by atoms with Crippen LogP contribution in [0.3, 0.4) is 0 Å². The van der Waals surface area contributed by atoms with Crippen LogP contribution in [0, 0.1) is 5.92 Å². The number of fused-ring (bicyclic) bond motifs is 3. The second kappa shape index (κ2) is 10.2. The number of ether oxygens (including phenoxy) is 2. The lowest BCUT2D eigenvalue weighted by molar-refractivity contribution is -0.153. The number of hydrogen-bond donors (Lipinski definition) is 1. The van der Waals surface area contributed by atoms with Crippen LogP contribution >= 0.6 is 0 Å². The van der Waals surface area contributed by atoms with E-state index in [1.165, 1.54) is 17.7 Å². The lowest BCUT2D eigenvalue weighted by Gasteiger charge is -2.22.